The van der Waals surface area contributed by atoms with E-state index in [1.807, 2.05) is 12.1 Å². The SMILES string of the molecule is Cc1ccc(NC(N)=NCC2CCN(Cc3csc(C)n3)CC2)cc1. The van der Waals surface area contributed by atoms with Gasteiger partial charge in [-0.05, 0) is 57.8 Å². The van der Waals surface area contributed by atoms with Gasteiger partial charge in [-0.15, -0.1) is 11.3 Å². The number of nitrogens with one attached hydrogen (secondary N) is 1. The minimum absolute atomic E-state index is 0.504. The molecule has 0 saturated carbocycles. The number of rotatable bonds is 5. The van der Waals surface area contributed by atoms with Crippen molar-refractivity contribution in [1.82, 2.24) is 9.88 Å². The van der Waals surface area contributed by atoms with Gasteiger partial charge >= 0.3 is 0 Å². The van der Waals surface area contributed by atoms with Crippen LogP contribution in [0.25, 0.3) is 0 Å². The summed E-state index contributed by atoms with van der Waals surface area (Å²) >= 11 is 1.73. The molecule has 2 aromatic rings. The van der Waals surface area contributed by atoms with Crippen LogP contribution in [0.3, 0.4) is 0 Å². The fourth-order valence-electron chi connectivity index (χ4n) is 3.09. The maximum atomic E-state index is 6.01. The van der Waals surface area contributed by atoms with E-state index in [0.29, 0.717) is 11.9 Å². The molecule has 1 aliphatic rings. The van der Waals surface area contributed by atoms with Gasteiger partial charge in [0, 0.05) is 24.2 Å². The molecule has 1 aromatic heterocycles. The van der Waals surface area contributed by atoms with E-state index in [4.69, 9.17) is 5.73 Å². The number of anilines is 1. The number of aliphatic imine (C=N–C) groups is 1. The molecule has 3 rings (SSSR count). The molecule has 25 heavy (non-hydrogen) atoms. The summed E-state index contributed by atoms with van der Waals surface area (Å²) in [5.74, 6) is 1.12. The standard InChI is InChI=1S/C19H27N5S/c1-14-3-5-17(6-4-14)23-19(20)21-11-16-7-9-24(10-8-16)12-18-13-25-15(2)22-18/h3-6,13,16H,7-12H2,1-2H3,(H3,20,21,23). The summed E-state index contributed by atoms with van der Waals surface area (Å²) in [4.78, 5) is 11.6. The summed E-state index contributed by atoms with van der Waals surface area (Å²) in [6, 6.07) is 8.18. The van der Waals surface area contributed by atoms with E-state index in [2.05, 4.69) is 51.6 Å². The van der Waals surface area contributed by atoms with Crippen LogP contribution in [0.2, 0.25) is 0 Å². The van der Waals surface area contributed by atoms with Gasteiger partial charge in [-0.1, -0.05) is 17.7 Å². The second-order valence-electron chi connectivity index (χ2n) is 6.79. The molecule has 6 heteroatoms. The van der Waals surface area contributed by atoms with Gasteiger partial charge in [0.05, 0.1) is 10.7 Å². The van der Waals surface area contributed by atoms with Crippen molar-refractivity contribution in [1.29, 1.82) is 0 Å². The summed E-state index contributed by atoms with van der Waals surface area (Å²) < 4.78 is 0. The van der Waals surface area contributed by atoms with Crippen molar-refractivity contribution in [2.75, 3.05) is 25.0 Å². The van der Waals surface area contributed by atoms with Crippen molar-refractivity contribution in [3.8, 4) is 0 Å². The van der Waals surface area contributed by atoms with Crippen LogP contribution in [0.1, 0.15) is 29.1 Å². The molecule has 0 atom stereocenters. The summed E-state index contributed by atoms with van der Waals surface area (Å²) in [7, 11) is 0. The molecule has 0 amide bonds. The van der Waals surface area contributed by atoms with Crippen LogP contribution in [0.5, 0.6) is 0 Å². The zero-order chi connectivity index (χ0) is 17.6. The Kier molecular flexibility index (Phi) is 6.04. The first kappa shape index (κ1) is 17.9. The highest BCUT2D eigenvalue weighted by Crippen LogP contribution is 2.20. The molecule has 3 N–H and O–H groups in total. The molecule has 134 valence electrons. The Balaban J connectivity index is 1.41. The number of likely N-dealkylation sites (tertiary alicyclic amines) is 1. The van der Waals surface area contributed by atoms with E-state index in [1.165, 1.54) is 24.1 Å². The molecule has 0 spiro atoms. The molecule has 5 nitrogen and oxygen atoms in total. The van der Waals surface area contributed by atoms with E-state index < -0.39 is 0 Å². The molecule has 0 bridgehead atoms. The number of benzene rings is 1. The number of hydrogen-bond donors (Lipinski definition) is 2. The van der Waals surface area contributed by atoms with E-state index in [1.54, 1.807) is 11.3 Å². The van der Waals surface area contributed by atoms with Crippen LogP contribution < -0.4 is 11.1 Å². The average molecular weight is 358 g/mol. The fraction of sp³-hybridized carbons (Fsp3) is 0.474. The Bertz CT molecular complexity index is 699. The molecule has 1 aliphatic heterocycles. The summed E-state index contributed by atoms with van der Waals surface area (Å²) in [5, 5.41) is 6.48. The van der Waals surface area contributed by atoms with Gasteiger partial charge in [-0.25, -0.2) is 4.98 Å². The van der Waals surface area contributed by atoms with E-state index in [0.717, 1.165) is 36.9 Å². The van der Waals surface area contributed by atoms with Crippen LogP contribution in [0.4, 0.5) is 5.69 Å². The normalized spacial score (nSPS) is 17.0. The van der Waals surface area contributed by atoms with E-state index >= 15 is 0 Å². The van der Waals surface area contributed by atoms with Crippen LogP contribution in [0, 0.1) is 19.8 Å². The highest BCUT2D eigenvalue weighted by Gasteiger charge is 2.19. The Morgan fingerprint density at radius 3 is 2.64 bits per heavy atom. The van der Waals surface area contributed by atoms with Gasteiger partial charge in [-0.3, -0.25) is 9.89 Å². The molecule has 0 aliphatic carbocycles. The van der Waals surface area contributed by atoms with Crippen LogP contribution in [-0.2, 0) is 6.54 Å². The first-order chi connectivity index (χ1) is 12.1. The summed E-state index contributed by atoms with van der Waals surface area (Å²) in [5.41, 5.74) is 9.44. The largest absolute Gasteiger partial charge is 0.370 e. The lowest BCUT2D eigenvalue weighted by molar-refractivity contribution is 0.179. The van der Waals surface area contributed by atoms with Crippen molar-refractivity contribution in [2.45, 2.75) is 33.2 Å². The number of aryl methyl sites for hydroxylation is 2. The highest BCUT2D eigenvalue weighted by molar-refractivity contribution is 7.09. The minimum atomic E-state index is 0.504. The molecule has 0 radical (unpaired) electrons. The van der Waals surface area contributed by atoms with Crippen molar-refractivity contribution in [3.63, 3.8) is 0 Å². The Morgan fingerprint density at radius 2 is 2.00 bits per heavy atom. The highest BCUT2D eigenvalue weighted by atomic mass is 32.1. The molecule has 2 heterocycles. The topological polar surface area (TPSA) is 66.5 Å². The van der Waals surface area contributed by atoms with Gasteiger partial charge < -0.3 is 11.1 Å². The number of aromatic nitrogens is 1. The summed E-state index contributed by atoms with van der Waals surface area (Å²) in [6.45, 7) is 8.13. The van der Waals surface area contributed by atoms with Gasteiger partial charge in [0.2, 0.25) is 0 Å². The summed E-state index contributed by atoms with van der Waals surface area (Å²) in [6.07, 6.45) is 2.34. The number of nitrogens with two attached hydrogens (primary N) is 1. The van der Waals surface area contributed by atoms with Crippen molar-refractivity contribution < 1.29 is 0 Å². The molecule has 0 unspecified atom stereocenters. The Morgan fingerprint density at radius 1 is 1.28 bits per heavy atom. The quantitative estimate of drug-likeness (QED) is 0.636. The van der Waals surface area contributed by atoms with Crippen LogP contribution in [-0.4, -0.2) is 35.5 Å². The van der Waals surface area contributed by atoms with Crippen LogP contribution in [0.15, 0.2) is 34.6 Å². The molecule has 1 aromatic carbocycles. The Hall–Kier alpha value is -1.92. The van der Waals surface area contributed by atoms with Crippen molar-refractivity contribution >= 4 is 23.0 Å². The molecule has 1 fully saturated rings. The third kappa shape index (κ3) is 5.54. The monoisotopic (exact) mass is 357 g/mol. The Labute approximate surface area is 154 Å². The lowest BCUT2D eigenvalue weighted by Crippen LogP contribution is -2.34. The average Bonchev–Trinajstić information content (AvgIpc) is 3.01. The zero-order valence-electron chi connectivity index (χ0n) is 15.0. The van der Waals surface area contributed by atoms with E-state index in [-0.39, 0.29) is 0 Å². The van der Waals surface area contributed by atoms with Gasteiger partial charge in [-0.2, -0.15) is 0 Å². The molecular weight excluding hydrogens is 330 g/mol. The number of guanidine groups is 1. The second kappa shape index (κ2) is 8.45. The third-order valence-corrected chi connectivity index (χ3v) is 5.43. The molecule has 1 saturated heterocycles. The smallest absolute Gasteiger partial charge is 0.193 e. The van der Waals surface area contributed by atoms with E-state index in [9.17, 15) is 0 Å². The maximum Gasteiger partial charge on any atom is 0.193 e. The zero-order valence-corrected chi connectivity index (χ0v) is 15.9. The number of piperidine rings is 1. The van der Waals surface area contributed by atoms with Crippen molar-refractivity contribution in [3.05, 3.63) is 45.9 Å². The molecular formula is C19H27N5S. The maximum absolute atomic E-state index is 6.01. The second-order valence-corrected chi connectivity index (χ2v) is 7.86. The van der Waals surface area contributed by atoms with Gasteiger partial charge in [0.1, 0.15) is 0 Å². The third-order valence-electron chi connectivity index (χ3n) is 4.60. The van der Waals surface area contributed by atoms with Crippen molar-refractivity contribution in [2.24, 2.45) is 16.6 Å². The number of hydrogen-bond acceptors (Lipinski definition) is 4. The number of nitrogens with zero attached hydrogens (tertiary/aromatic N) is 3. The van der Waals surface area contributed by atoms with Gasteiger partial charge in [0.25, 0.3) is 0 Å². The lowest BCUT2D eigenvalue weighted by Gasteiger charge is -2.30. The minimum Gasteiger partial charge on any atom is -0.370 e. The lowest BCUT2D eigenvalue weighted by atomic mass is 9.97. The van der Waals surface area contributed by atoms with Gasteiger partial charge in [0.15, 0.2) is 5.96 Å². The first-order valence-corrected chi connectivity index (χ1v) is 9.73. The first-order valence-electron chi connectivity index (χ1n) is 8.85. The van der Waals surface area contributed by atoms with Crippen LogP contribution >= 0.6 is 11.3 Å². The predicted octanol–water partition coefficient (Wildman–Crippen LogP) is 3.40. The predicted molar refractivity (Wildman–Crippen MR) is 106 cm³/mol. The fourth-order valence-corrected chi connectivity index (χ4v) is 3.69. The number of thiazole rings is 1.